The summed E-state index contributed by atoms with van der Waals surface area (Å²) >= 11 is 1.57. The van der Waals surface area contributed by atoms with Gasteiger partial charge >= 0.3 is 0 Å². The number of nitrogen functional groups attached to an aromatic ring is 1. The molecule has 2 aromatic rings. The summed E-state index contributed by atoms with van der Waals surface area (Å²) in [5, 5.41) is 0.929. The minimum absolute atomic E-state index is 0.635. The Labute approximate surface area is 105 Å². The second-order valence-corrected chi connectivity index (χ2v) is 4.63. The molecule has 0 radical (unpaired) electrons. The molecule has 0 saturated carbocycles. The maximum atomic E-state index is 5.84. The molecule has 0 bridgehead atoms. The molecule has 0 spiro atoms. The van der Waals surface area contributed by atoms with Gasteiger partial charge in [-0.3, -0.25) is 0 Å². The average molecular weight is 249 g/mol. The molecule has 17 heavy (non-hydrogen) atoms. The first-order valence-electron chi connectivity index (χ1n) is 5.37. The zero-order chi connectivity index (χ0) is 12.3. The van der Waals surface area contributed by atoms with Crippen molar-refractivity contribution >= 4 is 17.4 Å². The molecule has 2 N–H and O–H groups in total. The standard InChI is InChI=1S/C12H15N3OS/c1-3-16-10-6-9(13)7-11(8-10)17-12-14-4-5-15(12)2/h4-8H,3,13H2,1-2H3. The van der Waals surface area contributed by atoms with Gasteiger partial charge in [0.25, 0.3) is 0 Å². The van der Waals surface area contributed by atoms with Gasteiger partial charge in [0.2, 0.25) is 0 Å². The summed E-state index contributed by atoms with van der Waals surface area (Å²) in [5.74, 6) is 0.796. The van der Waals surface area contributed by atoms with E-state index in [0.717, 1.165) is 15.8 Å². The van der Waals surface area contributed by atoms with E-state index in [-0.39, 0.29) is 0 Å². The Balaban J connectivity index is 2.23. The molecule has 0 aliphatic rings. The van der Waals surface area contributed by atoms with Crippen LogP contribution in [0.2, 0.25) is 0 Å². The summed E-state index contributed by atoms with van der Waals surface area (Å²) < 4.78 is 7.42. The van der Waals surface area contributed by atoms with Crippen LogP contribution in [-0.4, -0.2) is 16.2 Å². The summed E-state index contributed by atoms with van der Waals surface area (Å²) in [5.41, 5.74) is 6.54. The summed E-state index contributed by atoms with van der Waals surface area (Å²) in [6.07, 6.45) is 3.69. The van der Waals surface area contributed by atoms with Crippen LogP contribution in [-0.2, 0) is 7.05 Å². The number of anilines is 1. The molecule has 90 valence electrons. The van der Waals surface area contributed by atoms with Crippen molar-refractivity contribution in [2.45, 2.75) is 17.0 Å². The van der Waals surface area contributed by atoms with Crippen LogP contribution < -0.4 is 10.5 Å². The fourth-order valence-corrected chi connectivity index (χ4v) is 2.36. The number of aromatic nitrogens is 2. The van der Waals surface area contributed by atoms with Crippen molar-refractivity contribution in [1.82, 2.24) is 9.55 Å². The zero-order valence-electron chi connectivity index (χ0n) is 9.88. The number of ether oxygens (including phenoxy) is 1. The lowest BCUT2D eigenvalue weighted by molar-refractivity contribution is 0.339. The maximum absolute atomic E-state index is 5.84. The molecule has 1 aromatic heterocycles. The Hall–Kier alpha value is -1.62. The summed E-state index contributed by atoms with van der Waals surface area (Å²) in [6, 6.07) is 5.72. The van der Waals surface area contributed by atoms with Crippen LogP contribution in [0, 0.1) is 0 Å². The van der Waals surface area contributed by atoms with E-state index in [2.05, 4.69) is 4.98 Å². The zero-order valence-corrected chi connectivity index (χ0v) is 10.7. The van der Waals surface area contributed by atoms with Crippen molar-refractivity contribution in [2.75, 3.05) is 12.3 Å². The minimum Gasteiger partial charge on any atom is -0.494 e. The third-order valence-corrected chi connectivity index (χ3v) is 3.25. The van der Waals surface area contributed by atoms with Crippen LogP contribution >= 0.6 is 11.8 Å². The molecule has 0 amide bonds. The second kappa shape index (κ2) is 5.14. The Bertz CT molecular complexity index is 510. The van der Waals surface area contributed by atoms with E-state index < -0.39 is 0 Å². The Morgan fingerprint density at radius 3 is 2.88 bits per heavy atom. The van der Waals surface area contributed by atoms with Crippen LogP contribution in [0.5, 0.6) is 5.75 Å². The van der Waals surface area contributed by atoms with Gasteiger partial charge in [0.1, 0.15) is 5.75 Å². The number of rotatable bonds is 4. The third-order valence-electron chi connectivity index (χ3n) is 2.20. The molecule has 1 heterocycles. The first kappa shape index (κ1) is 11.9. The van der Waals surface area contributed by atoms with Gasteiger partial charge in [-0.05, 0) is 19.1 Å². The fraction of sp³-hybridized carbons (Fsp3) is 0.250. The monoisotopic (exact) mass is 249 g/mol. The Morgan fingerprint density at radius 2 is 2.24 bits per heavy atom. The van der Waals surface area contributed by atoms with Crippen LogP contribution in [0.3, 0.4) is 0 Å². The molecule has 4 nitrogen and oxygen atoms in total. The average Bonchev–Trinajstić information content (AvgIpc) is 2.64. The molecule has 2 rings (SSSR count). The van der Waals surface area contributed by atoms with Gasteiger partial charge in [-0.25, -0.2) is 4.98 Å². The second-order valence-electron chi connectivity index (χ2n) is 3.59. The normalized spacial score (nSPS) is 10.5. The van der Waals surface area contributed by atoms with Gasteiger partial charge in [-0.15, -0.1) is 0 Å². The highest BCUT2D eigenvalue weighted by Gasteiger charge is 2.05. The number of aryl methyl sites for hydroxylation is 1. The largest absolute Gasteiger partial charge is 0.494 e. The van der Waals surface area contributed by atoms with Crippen LogP contribution in [0.25, 0.3) is 0 Å². The topological polar surface area (TPSA) is 53.1 Å². The first-order chi connectivity index (χ1) is 8.19. The smallest absolute Gasteiger partial charge is 0.172 e. The molecule has 1 aromatic carbocycles. The Morgan fingerprint density at radius 1 is 1.41 bits per heavy atom. The lowest BCUT2D eigenvalue weighted by atomic mass is 10.3. The molecular weight excluding hydrogens is 234 g/mol. The van der Waals surface area contributed by atoms with Gasteiger partial charge in [-0.2, -0.15) is 0 Å². The van der Waals surface area contributed by atoms with E-state index in [9.17, 15) is 0 Å². The van der Waals surface area contributed by atoms with E-state index in [1.807, 2.05) is 42.9 Å². The number of hydrogen-bond donors (Lipinski definition) is 1. The van der Waals surface area contributed by atoms with Crippen molar-refractivity contribution < 1.29 is 4.74 Å². The lowest BCUT2D eigenvalue weighted by Gasteiger charge is -2.07. The SMILES string of the molecule is CCOc1cc(N)cc(Sc2nccn2C)c1. The molecule has 5 heteroatoms. The molecule has 0 aliphatic heterocycles. The molecule has 0 aliphatic carbocycles. The van der Waals surface area contributed by atoms with E-state index in [1.54, 1.807) is 18.0 Å². The van der Waals surface area contributed by atoms with Gasteiger partial charge in [0.15, 0.2) is 5.16 Å². The van der Waals surface area contributed by atoms with Crippen molar-refractivity contribution in [3.05, 3.63) is 30.6 Å². The molecule has 0 fully saturated rings. The lowest BCUT2D eigenvalue weighted by Crippen LogP contribution is -1.94. The Kier molecular flexibility index (Phi) is 3.58. The quantitative estimate of drug-likeness (QED) is 0.846. The van der Waals surface area contributed by atoms with Gasteiger partial charge < -0.3 is 15.0 Å². The van der Waals surface area contributed by atoms with E-state index in [4.69, 9.17) is 10.5 Å². The number of nitrogens with zero attached hydrogens (tertiary/aromatic N) is 2. The van der Waals surface area contributed by atoms with Crippen molar-refractivity contribution in [3.63, 3.8) is 0 Å². The minimum atomic E-state index is 0.635. The molecule has 0 saturated heterocycles. The number of imidazole rings is 1. The van der Waals surface area contributed by atoms with Gasteiger partial charge in [0.05, 0.1) is 6.61 Å². The summed E-state index contributed by atoms with van der Waals surface area (Å²) in [7, 11) is 1.96. The van der Waals surface area contributed by atoms with Crippen LogP contribution in [0.1, 0.15) is 6.92 Å². The third kappa shape index (κ3) is 2.94. The summed E-state index contributed by atoms with van der Waals surface area (Å²) in [6.45, 7) is 2.59. The number of hydrogen-bond acceptors (Lipinski definition) is 4. The van der Waals surface area contributed by atoms with E-state index in [1.165, 1.54) is 0 Å². The van der Waals surface area contributed by atoms with Crippen LogP contribution in [0.4, 0.5) is 5.69 Å². The summed E-state index contributed by atoms with van der Waals surface area (Å²) in [4.78, 5) is 5.29. The van der Waals surface area contributed by atoms with Crippen molar-refractivity contribution in [2.24, 2.45) is 7.05 Å². The highest BCUT2D eigenvalue weighted by atomic mass is 32.2. The highest BCUT2D eigenvalue weighted by molar-refractivity contribution is 7.99. The van der Waals surface area contributed by atoms with Crippen LogP contribution in [0.15, 0.2) is 40.6 Å². The highest BCUT2D eigenvalue weighted by Crippen LogP contribution is 2.30. The van der Waals surface area contributed by atoms with Crippen molar-refractivity contribution in [1.29, 1.82) is 0 Å². The molecular formula is C12H15N3OS. The maximum Gasteiger partial charge on any atom is 0.172 e. The van der Waals surface area contributed by atoms with Crippen molar-refractivity contribution in [3.8, 4) is 5.75 Å². The number of benzene rings is 1. The molecule has 0 atom stereocenters. The first-order valence-corrected chi connectivity index (χ1v) is 6.19. The van der Waals surface area contributed by atoms with Gasteiger partial charge in [-0.1, -0.05) is 11.8 Å². The fourth-order valence-electron chi connectivity index (χ4n) is 1.46. The van der Waals surface area contributed by atoms with E-state index >= 15 is 0 Å². The molecule has 0 unspecified atom stereocenters. The van der Waals surface area contributed by atoms with E-state index in [0.29, 0.717) is 12.3 Å². The van der Waals surface area contributed by atoms with Gasteiger partial charge in [0, 0.05) is 36.1 Å². The number of nitrogens with two attached hydrogens (primary N) is 1. The predicted octanol–water partition coefficient (Wildman–Crippen LogP) is 2.55. The predicted molar refractivity (Wildman–Crippen MR) is 69.4 cm³/mol.